The molecule has 19 heavy (non-hydrogen) atoms. The van der Waals surface area contributed by atoms with E-state index in [2.05, 4.69) is 10.2 Å². The molecule has 0 spiro atoms. The van der Waals surface area contributed by atoms with Gasteiger partial charge in [0, 0.05) is 0 Å². The molecule has 0 bridgehead atoms. The van der Waals surface area contributed by atoms with Crippen LogP contribution in [0.3, 0.4) is 0 Å². The summed E-state index contributed by atoms with van der Waals surface area (Å²) < 4.78 is 5.00. The molecular formula is C9H10IN2O6S-. The predicted octanol–water partition coefficient (Wildman–Crippen LogP) is -2.97. The monoisotopic (exact) mass is 401 g/mol. The summed E-state index contributed by atoms with van der Waals surface area (Å²) in [5.74, 6) is -0.416. The van der Waals surface area contributed by atoms with Crippen molar-refractivity contribution in [2.75, 3.05) is 10.4 Å². The number of hydrogen-bond acceptors (Lipinski definition) is 7. The molecule has 106 valence electrons. The van der Waals surface area contributed by atoms with E-state index < -0.39 is 39.2 Å². The first-order valence-corrected chi connectivity index (χ1v) is 9.03. The fourth-order valence-electron chi connectivity index (χ4n) is 1.35. The van der Waals surface area contributed by atoms with Crippen molar-refractivity contribution in [1.82, 2.24) is 10.4 Å². The number of nitrogens with zero attached hydrogens (tertiary/aromatic N) is 1. The summed E-state index contributed by atoms with van der Waals surface area (Å²) in [6.45, 7) is 0. The van der Waals surface area contributed by atoms with E-state index in [-0.39, 0.29) is 26.7 Å². The fourth-order valence-corrected chi connectivity index (χ4v) is 4.93. The van der Waals surface area contributed by atoms with Gasteiger partial charge in [-0.3, -0.25) is 0 Å². The van der Waals surface area contributed by atoms with Crippen molar-refractivity contribution in [3.05, 3.63) is 0 Å². The number of alkyl halides is 2. The number of nitrogens with one attached hydrogen (secondary N) is 1. The maximum absolute atomic E-state index is 11.3. The molecule has 1 atom stereocenters. The SMILES string of the molecule is O=C(OC[I-]C1CSC(=O)N1)ON1C(=O)CCC1=O. The number of halogens is 1. The second-order valence-corrected chi connectivity index (χ2v) is 7.54. The molecule has 2 fully saturated rings. The molecule has 0 aromatic rings. The molecule has 2 saturated heterocycles. The number of ether oxygens (including phenoxy) is 1. The van der Waals surface area contributed by atoms with Crippen LogP contribution in [0.15, 0.2) is 0 Å². The third-order valence-corrected chi connectivity index (χ3v) is 6.19. The van der Waals surface area contributed by atoms with Crippen molar-refractivity contribution in [3.8, 4) is 0 Å². The predicted molar refractivity (Wildman–Crippen MR) is 58.3 cm³/mol. The van der Waals surface area contributed by atoms with Crippen molar-refractivity contribution >= 4 is 35.0 Å². The summed E-state index contributed by atoms with van der Waals surface area (Å²) in [7, 11) is 0. The van der Waals surface area contributed by atoms with E-state index in [0.29, 0.717) is 10.8 Å². The zero-order valence-corrected chi connectivity index (χ0v) is 12.6. The van der Waals surface area contributed by atoms with Gasteiger partial charge in [0.05, 0.1) is 0 Å². The molecule has 2 heterocycles. The van der Waals surface area contributed by atoms with Crippen molar-refractivity contribution in [2.24, 2.45) is 0 Å². The molecule has 2 rings (SSSR count). The molecule has 1 N–H and O–H groups in total. The van der Waals surface area contributed by atoms with Gasteiger partial charge in [-0.05, 0) is 0 Å². The number of carbonyl (C=O) groups excluding carboxylic acids is 4. The number of thioether (sulfide) groups is 1. The van der Waals surface area contributed by atoms with Gasteiger partial charge in [-0.1, -0.05) is 0 Å². The Morgan fingerprint density at radius 2 is 2.05 bits per heavy atom. The minimum absolute atomic E-state index is 0.0460. The number of rotatable bonds is 4. The number of carbonyl (C=O) groups is 4. The van der Waals surface area contributed by atoms with E-state index in [1.165, 1.54) is 11.8 Å². The maximum atomic E-state index is 11.3. The number of hydroxylamine groups is 2. The van der Waals surface area contributed by atoms with Crippen molar-refractivity contribution in [3.63, 3.8) is 0 Å². The van der Waals surface area contributed by atoms with Crippen LogP contribution in [0.1, 0.15) is 12.8 Å². The zero-order chi connectivity index (χ0) is 13.8. The van der Waals surface area contributed by atoms with E-state index in [4.69, 9.17) is 4.74 Å². The van der Waals surface area contributed by atoms with Gasteiger partial charge in [0.2, 0.25) is 0 Å². The van der Waals surface area contributed by atoms with Crippen LogP contribution in [0.25, 0.3) is 0 Å². The van der Waals surface area contributed by atoms with Crippen LogP contribution in [0.5, 0.6) is 0 Å². The number of amides is 3. The number of hydrogen-bond donors (Lipinski definition) is 1. The van der Waals surface area contributed by atoms with Crippen LogP contribution < -0.4 is 26.5 Å². The molecule has 8 nitrogen and oxygen atoms in total. The molecule has 2 aliphatic heterocycles. The van der Waals surface area contributed by atoms with Gasteiger partial charge < -0.3 is 0 Å². The summed E-state index contributed by atoms with van der Waals surface area (Å²) in [6.07, 6.45) is -0.977. The standard InChI is InChI=1S/C9H10IN2O6S/c13-6-1-2-7(14)12(6)18-9(16)17-4-10-5-3-19-8(15)11-5/h5H,1-4H2,(H,11,15)/q-1. The third kappa shape index (κ3) is 3.96. The molecule has 0 aromatic heterocycles. The van der Waals surface area contributed by atoms with Crippen molar-refractivity contribution in [1.29, 1.82) is 0 Å². The summed E-state index contributed by atoms with van der Waals surface area (Å²) in [5, 5.41) is 3.11. The Labute approximate surface area is 122 Å². The quantitative estimate of drug-likeness (QED) is 0.177. The van der Waals surface area contributed by atoms with Gasteiger partial charge in [0.25, 0.3) is 0 Å². The Morgan fingerprint density at radius 3 is 2.63 bits per heavy atom. The van der Waals surface area contributed by atoms with E-state index in [0.717, 1.165) is 0 Å². The van der Waals surface area contributed by atoms with Gasteiger partial charge in [-0.2, -0.15) is 0 Å². The molecule has 3 amide bonds. The molecule has 0 aromatic carbocycles. The zero-order valence-electron chi connectivity index (χ0n) is 9.59. The third-order valence-electron chi connectivity index (χ3n) is 2.23. The van der Waals surface area contributed by atoms with Gasteiger partial charge in [0.1, 0.15) is 0 Å². The average Bonchev–Trinajstić information content (AvgIpc) is 2.90. The van der Waals surface area contributed by atoms with E-state index >= 15 is 0 Å². The van der Waals surface area contributed by atoms with Crippen LogP contribution in [0.2, 0.25) is 0 Å². The molecule has 0 aliphatic carbocycles. The Bertz CT molecular complexity index is 415. The van der Waals surface area contributed by atoms with Crippen LogP contribution in [-0.4, -0.2) is 42.7 Å². The van der Waals surface area contributed by atoms with Crippen molar-refractivity contribution in [2.45, 2.75) is 16.9 Å². The van der Waals surface area contributed by atoms with Gasteiger partial charge >= 0.3 is 123 Å². The van der Waals surface area contributed by atoms with Crippen molar-refractivity contribution < 1.29 is 50.0 Å². The van der Waals surface area contributed by atoms with Gasteiger partial charge in [-0.15, -0.1) is 0 Å². The minimum atomic E-state index is -1.07. The first-order valence-electron chi connectivity index (χ1n) is 5.28. The number of imide groups is 1. The Hall–Kier alpha value is -1.04. The molecular weight excluding hydrogens is 391 g/mol. The first kappa shape index (κ1) is 14.4. The Morgan fingerprint density at radius 1 is 1.37 bits per heavy atom. The second kappa shape index (κ2) is 6.41. The Kier molecular flexibility index (Phi) is 4.85. The average molecular weight is 401 g/mol. The summed E-state index contributed by atoms with van der Waals surface area (Å²) >= 11 is 0.654. The molecule has 10 heteroatoms. The van der Waals surface area contributed by atoms with Crippen LogP contribution in [0, 0.1) is 0 Å². The van der Waals surface area contributed by atoms with Gasteiger partial charge in [-0.25, -0.2) is 0 Å². The molecule has 0 radical (unpaired) electrons. The Balaban J connectivity index is 1.66. The van der Waals surface area contributed by atoms with E-state index in [1.807, 2.05) is 0 Å². The van der Waals surface area contributed by atoms with E-state index in [1.54, 1.807) is 0 Å². The first-order chi connectivity index (χ1) is 9.06. The molecule has 1 unspecified atom stereocenters. The summed E-state index contributed by atoms with van der Waals surface area (Å²) in [4.78, 5) is 49.0. The van der Waals surface area contributed by atoms with Crippen LogP contribution in [-0.2, 0) is 19.2 Å². The van der Waals surface area contributed by atoms with Crippen LogP contribution >= 0.6 is 11.8 Å². The normalized spacial score (nSPS) is 22.8. The van der Waals surface area contributed by atoms with E-state index in [9.17, 15) is 19.2 Å². The topological polar surface area (TPSA) is 102 Å². The summed E-state index contributed by atoms with van der Waals surface area (Å²) in [6, 6.07) is 0. The van der Waals surface area contributed by atoms with Crippen LogP contribution in [0.4, 0.5) is 9.59 Å². The van der Waals surface area contributed by atoms with Gasteiger partial charge in [0.15, 0.2) is 0 Å². The second-order valence-electron chi connectivity index (χ2n) is 3.54. The fraction of sp³-hybridized carbons (Fsp3) is 0.556. The molecule has 0 saturated carbocycles. The summed E-state index contributed by atoms with van der Waals surface area (Å²) in [5.41, 5.74) is 0. The molecule has 2 aliphatic rings.